The van der Waals surface area contributed by atoms with Gasteiger partial charge >= 0.3 is 6.18 Å². The SMILES string of the molecule is CN(C)Cc1ccc(C(C)(C)C(=O)NN(CC(C)(C)C)c2cc(C(F)(F)F)nc(C#N)n2)cc1. The van der Waals surface area contributed by atoms with E-state index in [2.05, 4.69) is 15.4 Å². The van der Waals surface area contributed by atoms with Gasteiger partial charge in [0, 0.05) is 19.2 Å². The van der Waals surface area contributed by atoms with Gasteiger partial charge in [0.25, 0.3) is 0 Å². The Kier molecular flexibility index (Phi) is 7.94. The summed E-state index contributed by atoms with van der Waals surface area (Å²) < 4.78 is 40.1. The van der Waals surface area contributed by atoms with E-state index in [1.165, 1.54) is 5.01 Å². The maximum Gasteiger partial charge on any atom is 0.433 e. The first kappa shape index (κ1) is 27.1. The number of carbonyl (C=O) groups excluding carboxylic acids is 1. The number of alkyl halides is 3. The largest absolute Gasteiger partial charge is 0.433 e. The van der Waals surface area contributed by atoms with E-state index in [1.54, 1.807) is 19.9 Å². The molecule has 10 heteroatoms. The highest BCUT2D eigenvalue weighted by Crippen LogP contribution is 2.31. The van der Waals surface area contributed by atoms with E-state index in [1.807, 2.05) is 64.0 Å². The number of hydrogen-bond donors (Lipinski definition) is 1. The van der Waals surface area contributed by atoms with Crippen molar-refractivity contribution in [3.8, 4) is 6.07 Å². The van der Waals surface area contributed by atoms with Crippen LogP contribution < -0.4 is 10.4 Å². The molecule has 1 amide bonds. The summed E-state index contributed by atoms with van der Waals surface area (Å²) in [5, 5.41) is 10.4. The van der Waals surface area contributed by atoms with Crippen molar-refractivity contribution in [2.45, 2.75) is 52.8 Å². The molecule has 0 aliphatic heterocycles. The second-order valence-electron chi connectivity index (χ2n) is 10.2. The maximum atomic E-state index is 13.4. The summed E-state index contributed by atoms with van der Waals surface area (Å²) in [6, 6.07) is 9.91. The average Bonchev–Trinajstić information content (AvgIpc) is 2.71. The molecule has 0 aliphatic carbocycles. The third kappa shape index (κ3) is 7.15. The Labute approximate surface area is 198 Å². The summed E-state index contributed by atoms with van der Waals surface area (Å²) in [5.41, 5.74) is 1.90. The van der Waals surface area contributed by atoms with E-state index < -0.39 is 34.4 Å². The zero-order chi connectivity index (χ0) is 25.9. The Morgan fingerprint density at radius 1 is 1.06 bits per heavy atom. The summed E-state index contributed by atoms with van der Waals surface area (Å²) in [5.74, 6) is -1.27. The highest BCUT2D eigenvalue weighted by atomic mass is 19.4. The minimum Gasteiger partial charge on any atom is -0.305 e. The molecule has 34 heavy (non-hydrogen) atoms. The first-order valence-electron chi connectivity index (χ1n) is 10.7. The predicted molar refractivity (Wildman–Crippen MR) is 124 cm³/mol. The number of nitrogens with zero attached hydrogens (tertiary/aromatic N) is 5. The molecule has 184 valence electrons. The number of halogens is 3. The van der Waals surface area contributed by atoms with Gasteiger partial charge in [-0.1, -0.05) is 45.0 Å². The van der Waals surface area contributed by atoms with E-state index in [-0.39, 0.29) is 12.4 Å². The van der Waals surface area contributed by atoms with Crippen molar-refractivity contribution in [2.75, 3.05) is 25.6 Å². The third-order valence-electron chi connectivity index (χ3n) is 4.99. The number of nitriles is 1. The van der Waals surface area contributed by atoms with Gasteiger partial charge in [0.15, 0.2) is 11.5 Å². The van der Waals surface area contributed by atoms with Crippen molar-refractivity contribution in [3.63, 3.8) is 0 Å². The van der Waals surface area contributed by atoms with Crippen LogP contribution in [0.15, 0.2) is 30.3 Å². The molecule has 0 spiro atoms. The molecule has 0 saturated heterocycles. The van der Waals surface area contributed by atoms with Crippen LogP contribution in [-0.4, -0.2) is 41.4 Å². The smallest absolute Gasteiger partial charge is 0.305 e. The number of benzene rings is 1. The standard InChI is InChI=1S/C24H31F3N6O/c1-22(2,3)15-33(20-12-18(24(25,26)27)29-19(13-28)30-20)31-21(34)23(4,5)17-10-8-16(9-11-17)14-32(6)7/h8-12H,14-15H2,1-7H3,(H,31,34). The van der Waals surface area contributed by atoms with Crippen molar-refractivity contribution < 1.29 is 18.0 Å². The van der Waals surface area contributed by atoms with Crippen molar-refractivity contribution in [1.29, 1.82) is 5.26 Å². The van der Waals surface area contributed by atoms with Crippen LogP contribution in [0.3, 0.4) is 0 Å². The zero-order valence-electron chi connectivity index (χ0n) is 20.6. The summed E-state index contributed by atoms with van der Waals surface area (Å²) in [4.78, 5) is 22.6. The molecule has 1 heterocycles. The van der Waals surface area contributed by atoms with E-state index in [0.717, 1.165) is 23.7 Å². The minimum absolute atomic E-state index is 0.149. The molecular formula is C24H31F3N6O. The number of hydrazine groups is 1. The van der Waals surface area contributed by atoms with E-state index in [0.29, 0.717) is 0 Å². The molecule has 2 rings (SSSR count). The van der Waals surface area contributed by atoms with Gasteiger partial charge in [0.05, 0.1) is 5.41 Å². The van der Waals surface area contributed by atoms with Gasteiger partial charge in [-0.3, -0.25) is 15.2 Å². The Bertz CT molecular complexity index is 1050. The molecule has 0 atom stereocenters. The second-order valence-corrected chi connectivity index (χ2v) is 10.2. The fourth-order valence-corrected chi connectivity index (χ4v) is 3.21. The van der Waals surface area contributed by atoms with Gasteiger partial charge in [-0.25, -0.2) is 4.98 Å². The Morgan fingerprint density at radius 3 is 2.12 bits per heavy atom. The van der Waals surface area contributed by atoms with Crippen LogP contribution in [0.2, 0.25) is 0 Å². The molecule has 1 aromatic carbocycles. The van der Waals surface area contributed by atoms with Crippen molar-refractivity contribution >= 4 is 11.7 Å². The summed E-state index contributed by atoms with van der Waals surface area (Å²) in [6.45, 7) is 9.99. The number of aromatic nitrogens is 2. The highest BCUT2D eigenvalue weighted by Gasteiger charge is 2.36. The van der Waals surface area contributed by atoms with E-state index in [4.69, 9.17) is 5.26 Å². The first-order valence-corrected chi connectivity index (χ1v) is 10.7. The molecule has 0 radical (unpaired) electrons. The quantitative estimate of drug-likeness (QED) is 0.600. The first-order chi connectivity index (χ1) is 15.5. The van der Waals surface area contributed by atoms with Crippen molar-refractivity contribution in [2.24, 2.45) is 5.41 Å². The lowest BCUT2D eigenvalue weighted by atomic mass is 9.83. The molecule has 1 aromatic heterocycles. The van der Waals surface area contributed by atoms with Crippen LogP contribution in [0.1, 0.15) is 57.3 Å². The molecule has 2 aromatic rings. The fourth-order valence-electron chi connectivity index (χ4n) is 3.21. The number of rotatable bonds is 7. The number of hydrogen-bond acceptors (Lipinski definition) is 6. The van der Waals surface area contributed by atoms with Gasteiger partial charge in [-0.05, 0) is 44.5 Å². The molecular weight excluding hydrogens is 445 g/mol. The van der Waals surface area contributed by atoms with Crippen LogP contribution in [0.25, 0.3) is 0 Å². The van der Waals surface area contributed by atoms with Crippen LogP contribution in [0.5, 0.6) is 0 Å². The predicted octanol–water partition coefficient (Wildman–Crippen LogP) is 4.29. The Balaban J connectivity index is 2.41. The van der Waals surface area contributed by atoms with Gasteiger partial charge in [0.2, 0.25) is 11.7 Å². The highest BCUT2D eigenvalue weighted by molar-refractivity contribution is 5.88. The summed E-state index contributed by atoms with van der Waals surface area (Å²) in [7, 11) is 3.92. The number of nitrogens with one attached hydrogen (secondary N) is 1. The number of carbonyl (C=O) groups is 1. The van der Waals surface area contributed by atoms with Gasteiger partial charge < -0.3 is 4.90 Å². The Hall–Kier alpha value is -3.19. The summed E-state index contributed by atoms with van der Waals surface area (Å²) in [6.07, 6.45) is -4.77. The molecule has 0 fully saturated rings. The average molecular weight is 477 g/mol. The Morgan fingerprint density at radius 2 is 1.65 bits per heavy atom. The number of anilines is 1. The lowest BCUT2D eigenvalue weighted by molar-refractivity contribution is -0.141. The second kappa shape index (κ2) is 9.97. The van der Waals surface area contributed by atoms with E-state index in [9.17, 15) is 18.0 Å². The lowest BCUT2D eigenvalue weighted by Crippen LogP contribution is -2.52. The zero-order valence-corrected chi connectivity index (χ0v) is 20.6. The molecule has 0 saturated carbocycles. The summed E-state index contributed by atoms with van der Waals surface area (Å²) >= 11 is 0. The van der Waals surface area contributed by atoms with Crippen molar-refractivity contribution in [3.05, 3.63) is 53.0 Å². The number of amides is 1. The van der Waals surface area contributed by atoms with E-state index >= 15 is 0 Å². The van der Waals surface area contributed by atoms with Crippen molar-refractivity contribution in [1.82, 2.24) is 20.3 Å². The topological polar surface area (TPSA) is 85.2 Å². The lowest BCUT2D eigenvalue weighted by Gasteiger charge is -2.34. The third-order valence-corrected chi connectivity index (χ3v) is 4.99. The van der Waals surface area contributed by atoms with Crippen LogP contribution in [-0.2, 0) is 22.9 Å². The monoisotopic (exact) mass is 476 g/mol. The molecule has 7 nitrogen and oxygen atoms in total. The van der Waals surface area contributed by atoms with Gasteiger partial charge in [-0.2, -0.15) is 23.4 Å². The van der Waals surface area contributed by atoms with Crippen LogP contribution in [0, 0.1) is 16.7 Å². The normalized spacial score (nSPS) is 12.4. The maximum absolute atomic E-state index is 13.4. The van der Waals surface area contributed by atoms with Crippen LogP contribution in [0.4, 0.5) is 19.0 Å². The fraction of sp³-hybridized carbons (Fsp3) is 0.500. The minimum atomic E-state index is -4.77. The van der Waals surface area contributed by atoms with Crippen LogP contribution >= 0.6 is 0 Å². The molecule has 1 N–H and O–H groups in total. The van der Waals surface area contributed by atoms with Gasteiger partial charge in [-0.15, -0.1) is 0 Å². The molecule has 0 aliphatic rings. The van der Waals surface area contributed by atoms with Gasteiger partial charge in [0.1, 0.15) is 6.07 Å². The molecule has 0 bridgehead atoms. The molecule has 0 unspecified atom stereocenters.